The Bertz CT molecular complexity index is 1070. The van der Waals surface area contributed by atoms with Crippen molar-refractivity contribution in [3.63, 3.8) is 0 Å². The third-order valence-electron chi connectivity index (χ3n) is 5.07. The van der Waals surface area contributed by atoms with E-state index in [1.165, 1.54) is 0 Å². The first-order valence-electron chi connectivity index (χ1n) is 10.6. The molecule has 0 radical (unpaired) electrons. The molecule has 0 fully saturated rings. The minimum Gasteiger partial charge on any atom is -0.384 e. The third-order valence-corrected chi connectivity index (χ3v) is 5.07. The van der Waals surface area contributed by atoms with Crippen molar-refractivity contribution in [2.24, 2.45) is 11.7 Å². The first kappa shape index (κ1) is 22.3. The number of nitrogens with two attached hydrogens (primary N) is 1. The molecule has 0 bridgehead atoms. The lowest BCUT2D eigenvalue weighted by molar-refractivity contribution is -0.114. The van der Waals surface area contributed by atoms with Crippen LogP contribution in [0.15, 0.2) is 60.7 Å². The molecule has 3 rings (SSSR count). The number of rotatable bonds is 8. The van der Waals surface area contributed by atoms with Gasteiger partial charge in [-0.25, -0.2) is 0 Å². The molecule has 31 heavy (non-hydrogen) atoms. The summed E-state index contributed by atoms with van der Waals surface area (Å²) < 4.78 is 0. The third kappa shape index (κ3) is 5.61. The Morgan fingerprint density at radius 3 is 2.45 bits per heavy atom. The number of nitrogens with one attached hydrogen (secondary N) is 3. The van der Waals surface area contributed by atoms with Crippen LogP contribution in [-0.2, 0) is 4.79 Å². The maximum atomic E-state index is 13.2. The predicted octanol–water partition coefficient (Wildman–Crippen LogP) is 4.30. The average Bonchev–Trinajstić information content (AvgIpc) is 2.77. The Kier molecular flexibility index (Phi) is 7.26. The fourth-order valence-corrected chi connectivity index (χ4v) is 3.47. The van der Waals surface area contributed by atoms with E-state index in [-0.39, 0.29) is 24.4 Å². The molecule has 0 aromatic heterocycles. The molecule has 0 spiro atoms. The standard InChI is InChI=1S/C25H30N4O2/c1-16(2)15-27-23-12-11-19(29-24(30)14-26)13-22(23)25(31)28-17(3)20-10-6-8-18-7-4-5-9-21(18)20/h4-13,16-17,27H,14-15,26H2,1-3H3,(H,28,31)(H,29,30)/t17-/m1/s1. The van der Waals surface area contributed by atoms with Crippen molar-refractivity contribution in [1.82, 2.24) is 5.32 Å². The fourth-order valence-electron chi connectivity index (χ4n) is 3.47. The highest BCUT2D eigenvalue weighted by molar-refractivity contribution is 6.02. The number of benzene rings is 3. The molecule has 0 aliphatic heterocycles. The van der Waals surface area contributed by atoms with E-state index in [4.69, 9.17) is 5.73 Å². The van der Waals surface area contributed by atoms with Crippen molar-refractivity contribution in [3.05, 3.63) is 71.8 Å². The van der Waals surface area contributed by atoms with Gasteiger partial charge in [0.1, 0.15) is 0 Å². The zero-order valence-corrected chi connectivity index (χ0v) is 18.2. The summed E-state index contributed by atoms with van der Waals surface area (Å²) in [5.41, 5.74) is 8.19. The minimum absolute atomic E-state index is 0.118. The molecule has 0 aliphatic rings. The highest BCUT2D eigenvalue weighted by atomic mass is 16.2. The van der Waals surface area contributed by atoms with Crippen LogP contribution in [0.3, 0.4) is 0 Å². The van der Waals surface area contributed by atoms with Crippen LogP contribution in [0.2, 0.25) is 0 Å². The molecule has 3 aromatic rings. The van der Waals surface area contributed by atoms with Gasteiger partial charge in [0.15, 0.2) is 0 Å². The molecular weight excluding hydrogens is 388 g/mol. The van der Waals surface area contributed by atoms with E-state index >= 15 is 0 Å². The van der Waals surface area contributed by atoms with Gasteiger partial charge in [-0.3, -0.25) is 9.59 Å². The van der Waals surface area contributed by atoms with Crippen molar-refractivity contribution in [2.45, 2.75) is 26.8 Å². The number of fused-ring (bicyclic) bond motifs is 1. The van der Waals surface area contributed by atoms with Crippen molar-refractivity contribution >= 4 is 34.0 Å². The molecule has 5 N–H and O–H groups in total. The molecular formula is C25H30N4O2. The van der Waals surface area contributed by atoms with Crippen LogP contribution in [0, 0.1) is 5.92 Å². The van der Waals surface area contributed by atoms with E-state index in [2.05, 4.69) is 48.0 Å². The number of hydrogen-bond donors (Lipinski definition) is 4. The Balaban J connectivity index is 1.88. The smallest absolute Gasteiger partial charge is 0.253 e. The van der Waals surface area contributed by atoms with E-state index in [1.807, 2.05) is 37.3 Å². The van der Waals surface area contributed by atoms with Gasteiger partial charge < -0.3 is 21.7 Å². The normalized spacial score (nSPS) is 11.9. The highest BCUT2D eigenvalue weighted by Gasteiger charge is 2.18. The van der Waals surface area contributed by atoms with Crippen LogP contribution in [0.5, 0.6) is 0 Å². The van der Waals surface area contributed by atoms with Crippen LogP contribution >= 0.6 is 0 Å². The second-order valence-corrected chi connectivity index (χ2v) is 8.05. The van der Waals surface area contributed by atoms with Gasteiger partial charge in [-0.2, -0.15) is 0 Å². The summed E-state index contributed by atoms with van der Waals surface area (Å²) in [5, 5.41) is 11.4. The van der Waals surface area contributed by atoms with Crippen molar-refractivity contribution in [3.8, 4) is 0 Å². The maximum absolute atomic E-state index is 13.2. The molecule has 2 amide bonds. The molecule has 6 heteroatoms. The quantitative estimate of drug-likeness (QED) is 0.439. The molecule has 162 valence electrons. The summed E-state index contributed by atoms with van der Waals surface area (Å²) in [4.78, 5) is 24.9. The van der Waals surface area contributed by atoms with Crippen LogP contribution in [0.1, 0.15) is 42.7 Å². The van der Waals surface area contributed by atoms with Gasteiger partial charge >= 0.3 is 0 Å². The summed E-state index contributed by atoms with van der Waals surface area (Å²) in [5.74, 6) is -0.101. The van der Waals surface area contributed by atoms with Gasteiger partial charge in [-0.15, -0.1) is 0 Å². The van der Waals surface area contributed by atoms with E-state index in [0.29, 0.717) is 17.2 Å². The largest absolute Gasteiger partial charge is 0.384 e. The molecule has 0 saturated heterocycles. The summed E-state index contributed by atoms with van der Waals surface area (Å²) in [6.45, 7) is 6.79. The molecule has 0 aliphatic carbocycles. The lowest BCUT2D eigenvalue weighted by atomic mass is 9.99. The summed E-state index contributed by atoms with van der Waals surface area (Å²) >= 11 is 0. The second-order valence-electron chi connectivity index (χ2n) is 8.05. The monoisotopic (exact) mass is 418 g/mol. The van der Waals surface area contributed by atoms with Crippen LogP contribution in [-0.4, -0.2) is 24.9 Å². The zero-order valence-electron chi connectivity index (χ0n) is 18.2. The van der Waals surface area contributed by atoms with Gasteiger partial charge in [0.2, 0.25) is 5.91 Å². The van der Waals surface area contributed by atoms with E-state index < -0.39 is 0 Å². The van der Waals surface area contributed by atoms with Crippen molar-refractivity contribution < 1.29 is 9.59 Å². The number of carbonyl (C=O) groups excluding carboxylic acids is 2. The number of carbonyl (C=O) groups is 2. The highest BCUT2D eigenvalue weighted by Crippen LogP contribution is 2.26. The van der Waals surface area contributed by atoms with E-state index in [9.17, 15) is 9.59 Å². The first-order chi connectivity index (χ1) is 14.9. The van der Waals surface area contributed by atoms with Gasteiger partial charge in [0, 0.05) is 17.9 Å². The minimum atomic E-state index is -0.307. The zero-order chi connectivity index (χ0) is 22.4. The Labute approximate surface area is 183 Å². The predicted molar refractivity (Wildman–Crippen MR) is 127 cm³/mol. The first-order valence-corrected chi connectivity index (χ1v) is 10.6. The second kappa shape index (κ2) is 10.1. The van der Waals surface area contributed by atoms with Crippen molar-refractivity contribution in [2.75, 3.05) is 23.7 Å². The maximum Gasteiger partial charge on any atom is 0.253 e. The lowest BCUT2D eigenvalue weighted by Crippen LogP contribution is -2.28. The molecule has 3 aromatic carbocycles. The van der Waals surface area contributed by atoms with E-state index in [1.54, 1.807) is 12.1 Å². The fraction of sp³-hybridized carbons (Fsp3) is 0.280. The lowest BCUT2D eigenvalue weighted by Gasteiger charge is -2.19. The molecule has 6 nitrogen and oxygen atoms in total. The van der Waals surface area contributed by atoms with Crippen molar-refractivity contribution in [1.29, 1.82) is 0 Å². The summed E-state index contributed by atoms with van der Waals surface area (Å²) in [7, 11) is 0. The van der Waals surface area contributed by atoms with Gasteiger partial charge in [0.05, 0.1) is 18.2 Å². The molecule has 1 atom stereocenters. The summed E-state index contributed by atoms with van der Waals surface area (Å²) in [6.07, 6.45) is 0. The number of anilines is 2. The average molecular weight is 419 g/mol. The van der Waals surface area contributed by atoms with Gasteiger partial charge in [-0.05, 0) is 47.4 Å². The molecule has 0 unspecified atom stereocenters. The topological polar surface area (TPSA) is 96.2 Å². The van der Waals surface area contributed by atoms with Crippen LogP contribution in [0.25, 0.3) is 10.8 Å². The Morgan fingerprint density at radius 2 is 1.71 bits per heavy atom. The van der Waals surface area contributed by atoms with Crippen LogP contribution in [0.4, 0.5) is 11.4 Å². The Morgan fingerprint density at radius 1 is 0.968 bits per heavy atom. The summed E-state index contributed by atoms with van der Waals surface area (Å²) in [6, 6.07) is 19.3. The number of hydrogen-bond acceptors (Lipinski definition) is 4. The Hall–Kier alpha value is -3.38. The van der Waals surface area contributed by atoms with Crippen LogP contribution < -0.4 is 21.7 Å². The SMILES string of the molecule is CC(C)CNc1ccc(NC(=O)CN)cc1C(=O)N[C@H](C)c1cccc2ccccc12. The molecule has 0 saturated carbocycles. The number of amides is 2. The van der Waals surface area contributed by atoms with E-state index in [0.717, 1.165) is 28.6 Å². The van der Waals surface area contributed by atoms with Gasteiger partial charge in [-0.1, -0.05) is 56.3 Å². The van der Waals surface area contributed by atoms with Gasteiger partial charge in [0.25, 0.3) is 5.91 Å². The molecule has 0 heterocycles.